The number of nitrogens with zero attached hydrogens (tertiary/aromatic N) is 1. The largest absolute Gasteiger partial charge is 0.487 e. The lowest BCUT2D eigenvalue weighted by molar-refractivity contribution is -0.127. The zero-order valence-electron chi connectivity index (χ0n) is 16.6. The SMILES string of the molecule is CCS(=O)(=O)N1CCC[C@H](C(=O)N[C@H]2CC(C)(C)Oc3ccc(C)cc32)C1. The topological polar surface area (TPSA) is 75.7 Å². The second kappa shape index (κ2) is 7.43. The molecule has 1 aromatic rings. The Morgan fingerprint density at radius 1 is 1.37 bits per heavy atom. The number of aryl methyl sites for hydroxylation is 1. The van der Waals surface area contributed by atoms with Crippen LogP contribution in [0.4, 0.5) is 0 Å². The van der Waals surface area contributed by atoms with E-state index in [1.165, 1.54) is 4.31 Å². The number of fused-ring (bicyclic) bond motifs is 1. The molecule has 27 heavy (non-hydrogen) atoms. The highest BCUT2D eigenvalue weighted by atomic mass is 32.2. The van der Waals surface area contributed by atoms with Crippen molar-refractivity contribution in [2.45, 2.75) is 58.6 Å². The van der Waals surface area contributed by atoms with Gasteiger partial charge in [-0.25, -0.2) is 12.7 Å². The summed E-state index contributed by atoms with van der Waals surface area (Å²) in [5.74, 6) is 0.503. The van der Waals surface area contributed by atoms with E-state index < -0.39 is 10.0 Å². The first-order valence-electron chi connectivity index (χ1n) is 9.69. The summed E-state index contributed by atoms with van der Waals surface area (Å²) in [6.45, 7) is 8.48. The van der Waals surface area contributed by atoms with E-state index in [9.17, 15) is 13.2 Å². The van der Waals surface area contributed by atoms with Crippen LogP contribution in [0.2, 0.25) is 0 Å². The maximum absolute atomic E-state index is 13.0. The molecule has 150 valence electrons. The fourth-order valence-electron chi connectivity index (χ4n) is 3.98. The van der Waals surface area contributed by atoms with Crippen LogP contribution in [0.3, 0.4) is 0 Å². The minimum atomic E-state index is -3.26. The number of hydrogen-bond donors (Lipinski definition) is 1. The molecule has 3 rings (SSSR count). The third-order valence-electron chi connectivity index (χ3n) is 5.45. The van der Waals surface area contributed by atoms with Crippen LogP contribution in [-0.2, 0) is 14.8 Å². The molecule has 1 N–H and O–H groups in total. The van der Waals surface area contributed by atoms with Crippen molar-refractivity contribution < 1.29 is 17.9 Å². The second-order valence-corrected chi connectivity index (χ2v) is 10.5. The fourth-order valence-corrected chi connectivity index (χ4v) is 5.16. The Kier molecular flexibility index (Phi) is 5.54. The zero-order valence-corrected chi connectivity index (χ0v) is 17.4. The van der Waals surface area contributed by atoms with Gasteiger partial charge >= 0.3 is 0 Å². The van der Waals surface area contributed by atoms with Gasteiger partial charge in [0, 0.05) is 25.1 Å². The van der Waals surface area contributed by atoms with Gasteiger partial charge in [-0.05, 0) is 46.6 Å². The van der Waals surface area contributed by atoms with Crippen molar-refractivity contribution in [2.24, 2.45) is 5.92 Å². The number of ether oxygens (including phenoxy) is 1. The van der Waals surface area contributed by atoms with Gasteiger partial charge in [0.25, 0.3) is 0 Å². The standard InChI is InChI=1S/C20H30N2O4S/c1-5-27(24,25)22-10-6-7-15(13-22)19(23)21-17-12-20(3,4)26-18-9-8-14(2)11-16(17)18/h8-9,11,15,17H,5-7,10,12-13H2,1-4H3,(H,21,23)/t15-,17-/m0/s1. The number of amides is 1. The average Bonchev–Trinajstić information content (AvgIpc) is 2.61. The molecule has 0 unspecified atom stereocenters. The van der Waals surface area contributed by atoms with Crippen LogP contribution >= 0.6 is 0 Å². The van der Waals surface area contributed by atoms with Crippen molar-refractivity contribution in [1.82, 2.24) is 9.62 Å². The molecule has 0 aromatic heterocycles. The molecule has 1 amide bonds. The molecule has 0 aliphatic carbocycles. The first-order valence-corrected chi connectivity index (χ1v) is 11.3. The molecule has 1 fully saturated rings. The van der Waals surface area contributed by atoms with Gasteiger partial charge in [-0.1, -0.05) is 17.7 Å². The highest BCUT2D eigenvalue weighted by molar-refractivity contribution is 7.89. The average molecular weight is 395 g/mol. The summed E-state index contributed by atoms with van der Waals surface area (Å²) in [6, 6.07) is 5.90. The van der Waals surface area contributed by atoms with Crippen LogP contribution in [0.1, 0.15) is 57.2 Å². The summed E-state index contributed by atoms with van der Waals surface area (Å²) < 4.78 is 31.9. The summed E-state index contributed by atoms with van der Waals surface area (Å²) in [5, 5.41) is 3.18. The highest BCUT2D eigenvalue weighted by Crippen LogP contribution is 2.40. The van der Waals surface area contributed by atoms with Crippen molar-refractivity contribution in [3.8, 4) is 5.75 Å². The van der Waals surface area contributed by atoms with E-state index in [0.29, 0.717) is 19.4 Å². The molecule has 2 heterocycles. The molecule has 0 spiro atoms. The Labute approximate surface area is 162 Å². The third-order valence-corrected chi connectivity index (χ3v) is 7.30. The monoisotopic (exact) mass is 394 g/mol. The molecule has 7 heteroatoms. The van der Waals surface area contributed by atoms with E-state index in [1.807, 2.05) is 32.9 Å². The molecule has 2 aliphatic rings. The van der Waals surface area contributed by atoms with Gasteiger partial charge in [-0.2, -0.15) is 0 Å². The molecule has 1 saturated heterocycles. The first-order chi connectivity index (χ1) is 12.6. The molecule has 0 saturated carbocycles. The minimum Gasteiger partial charge on any atom is -0.487 e. The predicted molar refractivity (Wildman–Crippen MR) is 105 cm³/mol. The maximum Gasteiger partial charge on any atom is 0.224 e. The Morgan fingerprint density at radius 3 is 2.81 bits per heavy atom. The van der Waals surface area contributed by atoms with Gasteiger partial charge in [0.2, 0.25) is 15.9 Å². The Hall–Kier alpha value is -1.60. The molecule has 0 bridgehead atoms. The third kappa shape index (κ3) is 4.46. The van der Waals surface area contributed by atoms with Crippen molar-refractivity contribution in [2.75, 3.05) is 18.8 Å². The molecule has 6 nitrogen and oxygen atoms in total. The van der Waals surface area contributed by atoms with Gasteiger partial charge in [-0.15, -0.1) is 0 Å². The normalized spacial score (nSPS) is 25.3. The number of sulfonamides is 1. The first kappa shape index (κ1) is 20.1. The maximum atomic E-state index is 13.0. The minimum absolute atomic E-state index is 0.0684. The van der Waals surface area contributed by atoms with Crippen LogP contribution in [-0.4, -0.2) is 43.1 Å². The Bertz CT molecular complexity index is 819. The van der Waals surface area contributed by atoms with Gasteiger partial charge in [0.1, 0.15) is 11.4 Å². The number of carbonyl (C=O) groups excluding carboxylic acids is 1. The molecular formula is C20H30N2O4S. The summed E-state index contributed by atoms with van der Waals surface area (Å²) in [6.07, 6.45) is 2.11. The lowest BCUT2D eigenvalue weighted by atomic mass is 9.88. The van der Waals surface area contributed by atoms with Crippen LogP contribution in [0.5, 0.6) is 5.75 Å². The van der Waals surface area contributed by atoms with E-state index in [-0.39, 0.29) is 35.8 Å². The fraction of sp³-hybridized carbons (Fsp3) is 0.650. The van der Waals surface area contributed by atoms with Crippen molar-refractivity contribution in [3.05, 3.63) is 29.3 Å². The van der Waals surface area contributed by atoms with Gasteiger partial charge in [0.15, 0.2) is 0 Å². The van der Waals surface area contributed by atoms with Crippen LogP contribution in [0, 0.1) is 12.8 Å². The number of benzene rings is 1. The van der Waals surface area contributed by atoms with E-state index in [4.69, 9.17) is 4.74 Å². The quantitative estimate of drug-likeness (QED) is 0.852. The number of nitrogens with one attached hydrogen (secondary N) is 1. The lowest BCUT2D eigenvalue weighted by Crippen LogP contribution is -2.48. The lowest BCUT2D eigenvalue weighted by Gasteiger charge is -2.39. The van der Waals surface area contributed by atoms with Crippen LogP contribution in [0.15, 0.2) is 18.2 Å². The predicted octanol–water partition coefficient (Wildman–Crippen LogP) is 2.78. The van der Waals surface area contributed by atoms with Crippen LogP contribution < -0.4 is 10.1 Å². The smallest absolute Gasteiger partial charge is 0.224 e. The van der Waals surface area contributed by atoms with Crippen molar-refractivity contribution in [3.63, 3.8) is 0 Å². The number of carbonyl (C=O) groups is 1. The highest BCUT2D eigenvalue weighted by Gasteiger charge is 2.37. The molecule has 2 atom stereocenters. The van der Waals surface area contributed by atoms with Crippen molar-refractivity contribution >= 4 is 15.9 Å². The summed E-state index contributed by atoms with van der Waals surface area (Å²) in [7, 11) is -3.26. The Balaban J connectivity index is 1.77. The van der Waals surface area contributed by atoms with Crippen LogP contribution in [0.25, 0.3) is 0 Å². The van der Waals surface area contributed by atoms with Gasteiger partial charge in [-0.3, -0.25) is 4.79 Å². The number of hydrogen-bond acceptors (Lipinski definition) is 4. The molecular weight excluding hydrogens is 364 g/mol. The summed E-state index contributed by atoms with van der Waals surface area (Å²) >= 11 is 0. The van der Waals surface area contributed by atoms with E-state index in [1.54, 1.807) is 6.92 Å². The van der Waals surface area contributed by atoms with E-state index in [2.05, 4.69) is 11.4 Å². The molecule has 1 aromatic carbocycles. The number of rotatable bonds is 4. The number of piperidine rings is 1. The van der Waals surface area contributed by atoms with E-state index >= 15 is 0 Å². The zero-order chi connectivity index (χ0) is 19.8. The second-order valence-electron chi connectivity index (χ2n) is 8.27. The molecule has 2 aliphatic heterocycles. The molecule has 0 radical (unpaired) electrons. The Morgan fingerprint density at radius 2 is 2.11 bits per heavy atom. The van der Waals surface area contributed by atoms with E-state index in [0.717, 1.165) is 23.3 Å². The summed E-state index contributed by atoms with van der Waals surface area (Å²) in [5.41, 5.74) is 1.75. The van der Waals surface area contributed by atoms with Gasteiger partial charge < -0.3 is 10.1 Å². The van der Waals surface area contributed by atoms with Gasteiger partial charge in [0.05, 0.1) is 17.7 Å². The summed E-state index contributed by atoms with van der Waals surface area (Å²) in [4.78, 5) is 13.0. The van der Waals surface area contributed by atoms with Crippen molar-refractivity contribution in [1.29, 1.82) is 0 Å².